The second kappa shape index (κ2) is 6.85. The number of phosphoric acid groups is 1. The third kappa shape index (κ3) is 4.26. The van der Waals surface area contributed by atoms with E-state index in [1.807, 2.05) is 0 Å². The van der Waals surface area contributed by atoms with Crippen molar-refractivity contribution in [2.45, 2.75) is 6.10 Å². The first-order valence-electron chi connectivity index (χ1n) is 6.34. The molecule has 0 fully saturated rings. The summed E-state index contributed by atoms with van der Waals surface area (Å²) in [5.41, 5.74) is 0.498. The molecule has 6 nitrogen and oxygen atoms in total. The van der Waals surface area contributed by atoms with Crippen LogP contribution in [0.4, 0.5) is 0 Å². The Morgan fingerprint density at radius 3 is 2.14 bits per heavy atom. The van der Waals surface area contributed by atoms with Gasteiger partial charge in [-0.3, -0.25) is 4.79 Å². The van der Waals surface area contributed by atoms with Crippen LogP contribution in [0.3, 0.4) is 0 Å². The molecule has 0 saturated heterocycles. The average Bonchev–Trinajstić information content (AvgIpc) is 2.52. The smallest absolute Gasteiger partial charge is 0.196 e. The van der Waals surface area contributed by atoms with E-state index in [2.05, 4.69) is 4.52 Å². The van der Waals surface area contributed by atoms with Crippen LogP contribution in [0.25, 0.3) is 0 Å². The number of ketones is 1. The SMILES string of the molecule is COc1ccc(C(OP(=O)([O-])[O-])C(=O)c2ccccc2)cc1. The standard InChI is InChI=1S/C15H15O6P/c1-20-13-9-7-12(8-10-13)15(21-22(17,18)19)14(16)11-5-3-2-4-6-11/h2-10,15H,1H3,(H2,17,18,19)/p-2. The predicted molar refractivity (Wildman–Crippen MR) is 75.2 cm³/mol. The summed E-state index contributed by atoms with van der Waals surface area (Å²) in [7, 11) is -3.86. The Kier molecular flexibility index (Phi) is 5.11. The van der Waals surface area contributed by atoms with E-state index in [0.29, 0.717) is 5.75 Å². The van der Waals surface area contributed by atoms with Gasteiger partial charge in [-0.25, -0.2) is 0 Å². The van der Waals surface area contributed by atoms with Gasteiger partial charge in [0, 0.05) is 5.56 Å². The van der Waals surface area contributed by atoms with Crippen molar-refractivity contribution in [2.24, 2.45) is 0 Å². The van der Waals surface area contributed by atoms with Crippen LogP contribution in [0.15, 0.2) is 54.6 Å². The molecular formula is C15H13O6P-2. The van der Waals surface area contributed by atoms with Crippen LogP contribution in [0.5, 0.6) is 5.75 Å². The van der Waals surface area contributed by atoms with Crippen molar-refractivity contribution >= 4 is 13.6 Å². The molecule has 1 unspecified atom stereocenters. The summed E-state index contributed by atoms with van der Waals surface area (Å²) >= 11 is 0. The number of rotatable bonds is 6. The zero-order valence-electron chi connectivity index (χ0n) is 11.7. The molecule has 0 spiro atoms. The number of methoxy groups -OCH3 is 1. The van der Waals surface area contributed by atoms with Gasteiger partial charge in [0.15, 0.2) is 11.9 Å². The van der Waals surface area contributed by atoms with Gasteiger partial charge >= 0.3 is 0 Å². The average molecular weight is 320 g/mol. The lowest BCUT2D eigenvalue weighted by atomic mass is 10.00. The van der Waals surface area contributed by atoms with E-state index >= 15 is 0 Å². The Bertz CT molecular complexity index is 677. The van der Waals surface area contributed by atoms with E-state index in [1.54, 1.807) is 30.3 Å². The van der Waals surface area contributed by atoms with Crippen LogP contribution in [0, 0.1) is 0 Å². The van der Waals surface area contributed by atoms with Gasteiger partial charge in [0.2, 0.25) is 0 Å². The highest BCUT2D eigenvalue weighted by Crippen LogP contribution is 2.37. The van der Waals surface area contributed by atoms with Crippen molar-refractivity contribution in [1.82, 2.24) is 0 Å². The topological polar surface area (TPSA) is 98.7 Å². The van der Waals surface area contributed by atoms with Crippen molar-refractivity contribution in [3.05, 3.63) is 65.7 Å². The molecule has 0 amide bonds. The molecule has 0 aliphatic rings. The second-order valence-electron chi connectivity index (χ2n) is 4.44. The molecule has 0 aliphatic heterocycles. The Balaban J connectivity index is 2.37. The maximum atomic E-state index is 12.4. The fraction of sp³-hybridized carbons (Fsp3) is 0.133. The number of ether oxygens (including phenoxy) is 1. The minimum Gasteiger partial charge on any atom is -0.790 e. The van der Waals surface area contributed by atoms with Crippen molar-refractivity contribution < 1.29 is 28.4 Å². The summed E-state index contributed by atoms with van der Waals surface area (Å²) < 4.78 is 20.4. The number of carbonyl (C=O) groups excluding carboxylic acids is 1. The third-order valence-electron chi connectivity index (χ3n) is 2.95. The number of phosphoric ester groups is 1. The zero-order chi connectivity index (χ0) is 16.2. The van der Waals surface area contributed by atoms with Crippen LogP contribution in [0.1, 0.15) is 22.0 Å². The Hall–Kier alpha value is -1.98. The van der Waals surface area contributed by atoms with Gasteiger partial charge in [0.1, 0.15) is 5.75 Å². The molecule has 2 aromatic rings. The highest BCUT2D eigenvalue weighted by molar-refractivity contribution is 7.43. The highest BCUT2D eigenvalue weighted by Gasteiger charge is 2.24. The van der Waals surface area contributed by atoms with E-state index in [9.17, 15) is 19.1 Å². The lowest BCUT2D eigenvalue weighted by Crippen LogP contribution is -2.23. The summed E-state index contributed by atoms with van der Waals surface area (Å²) in [5.74, 6) is -0.0835. The Labute approximate surface area is 127 Å². The van der Waals surface area contributed by atoms with Gasteiger partial charge in [-0.15, -0.1) is 0 Å². The van der Waals surface area contributed by atoms with Crippen molar-refractivity contribution in [3.63, 3.8) is 0 Å². The van der Waals surface area contributed by atoms with Crippen molar-refractivity contribution in [1.29, 1.82) is 0 Å². The maximum Gasteiger partial charge on any atom is 0.196 e. The molecule has 1 atom stereocenters. The molecule has 2 aromatic carbocycles. The molecular weight excluding hydrogens is 307 g/mol. The quantitative estimate of drug-likeness (QED) is 0.590. The lowest BCUT2D eigenvalue weighted by molar-refractivity contribution is -0.343. The summed E-state index contributed by atoms with van der Waals surface area (Å²) in [6.45, 7) is 0. The molecule has 0 aliphatic carbocycles. The van der Waals surface area contributed by atoms with E-state index < -0.39 is 19.7 Å². The first-order valence-corrected chi connectivity index (χ1v) is 7.80. The lowest BCUT2D eigenvalue weighted by Gasteiger charge is -2.33. The largest absolute Gasteiger partial charge is 0.790 e. The molecule has 0 bridgehead atoms. The van der Waals surface area contributed by atoms with Gasteiger partial charge in [0.05, 0.1) is 14.9 Å². The molecule has 0 saturated carbocycles. The molecule has 7 heteroatoms. The summed E-state index contributed by atoms with van der Waals surface area (Å²) in [6, 6.07) is 14.0. The van der Waals surface area contributed by atoms with Gasteiger partial charge in [-0.1, -0.05) is 42.5 Å². The van der Waals surface area contributed by atoms with Crippen LogP contribution in [0.2, 0.25) is 0 Å². The van der Waals surface area contributed by atoms with E-state index in [0.717, 1.165) is 0 Å². The molecule has 2 rings (SSSR count). The maximum absolute atomic E-state index is 12.4. The fourth-order valence-electron chi connectivity index (χ4n) is 1.92. The van der Waals surface area contributed by atoms with Gasteiger partial charge < -0.3 is 23.6 Å². The summed E-state index contributed by atoms with van der Waals surface area (Å²) in [6.07, 6.45) is -1.52. The fourth-order valence-corrected chi connectivity index (χ4v) is 2.40. The predicted octanol–water partition coefficient (Wildman–Crippen LogP) is 1.46. The highest BCUT2D eigenvalue weighted by atomic mass is 31.2. The molecule has 0 radical (unpaired) electrons. The van der Waals surface area contributed by atoms with Crippen LogP contribution in [-0.2, 0) is 9.09 Å². The van der Waals surface area contributed by atoms with E-state index in [4.69, 9.17) is 4.74 Å². The van der Waals surface area contributed by atoms with Crippen LogP contribution < -0.4 is 14.5 Å². The summed E-state index contributed by atoms with van der Waals surface area (Å²) in [4.78, 5) is 34.3. The van der Waals surface area contributed by atoms with Crippen LogP contribution in [-0.4, -0.2) is 12.9 Å². The monoisotopic (exact) mass is 320 g/mol. The summed E-state index contributed by atoms with van der Waals surface area (Å²) in [5, 5.41) is 0. The number of hydrogen-bond acceptors (Lipinski definition) is 6. The van der Waals surface area contributed by atoms with Crippen molar-refractivity contribution in [3.8, 4) is 5.75 Å². The van der Waals surface area contributed by atoms with Crippen molar-refractivity contribution in [2.75, 3.05) is 7.11 Å². The normalized spacial score (nSPS) is 12.7. The molecule has 0 heterocycles. The number of carbonyl (C=O) groups is 1. The molecule has 116 valence electrons. The van der Waals surface area contributed by atoms with Gasteiger partial charge in [0.25, 0.3) is 0 Å². The van der Waals surface area contributed by atoms with E-state index in [-0.39, 0.29) is 11.1 Å². The molecule has 0 N–H and O–H groups in total. The van der Waals surface area contributed by atoms with Crippen LogP contribution >= 0.6 is 7.82 Å². The second-order valence-corrected chi connectivity index (χ2v) is 5.54. The number of Topliss-reactive ketones (excluding diaryl/α,β-unsaturated/α-hetero) is 1. The first kappa shape index (κ1) is 16.4. The first-order chi connectivity index (χ1) is 10.4. The van der Waals surface area contributed by atoms with Gasteiger partial charge in [-0.05, 0) is 17.7 Å². The Morgan fingerprint density at radius 2 is 1.64 bits per heavy atom. The minimum atomic E-state index is -5.33. The zero-order valence-corrected chi connectivity index (χ0v) is 12.6. The van der Waals surface area contributed by atoms with Gasteiger partial charge in [-0.2, -0.15) is 0 Å². The minimum absolute atomic E-state index is 0.247. The Morgan fingerprint density at radius 1 is 1.05 bits per heavy atom. The molecule has 22 heavy (non-hydrogen) atoms. The number of hydrogen-bond donors (Lipinski definition) is 0. The third-order valence-corrected chi connectivity index (χ3v) is 3.42. The number of benzene rings is 2. The molecule has 0 aromatic heterocycles. The van der Waals surface area contributed by atoms with E-state index in [1.165, 1.54) is 31.4 Å².